The van der Waals surface area contributed by atoms with Crippen LogP contribution in [0.25, 0.3) is 0 Å². The highest BCUT2D eigenvalue weighted by molar-refractivity contribution is 5.48. The lowest BCUT2D eigenvalue weighted by Gasteiger charge is -2.22. The second-order valence-corrected chi connectivity index (χ2v) is 4.03. The van der Waals surface area contributed by atoms with E-state index in [1.807, 2.05) is 6.07 Å². The first-order valence-electron chi connectivity index (χ1n) is 5.69. The highest BCUT2D eigenvalue weighted by Gasteiger charge is 2.15. The number of nitrogen functional groups attached to an aromatic ring is 1. The molecular weight excluding hydrogens is 218 g/mol. The average molecular weight is 233 g/mol. The number of nitrogens with zero attached hydrogens (tertiary/aromatic N) is 2. The number of nitrogens with two attached hydrogens (primary N) is 1. The van der Waals surface area contributed by atoms with E-state index >= 15 is 0 Å². The smallest absolute Gasteiger partial charge is 0.231 e. The maximum Gasteiger partial charge on any atom is 0.231 e. The molecule has 0 bridgehead atoms. The molecule has 0 amide bonds. The fourth-order valence-corrected chi connectivity index (χ4v) is 1.77. The van der Waals surface area contributed by atoms with Gasteiger partial charge in [-0.15, -0.1) is 0 Å². The number of aromatic nitrogens is 1. The lowest BCUT2D eigenvalue weighted by atomic mass is 10.1. The molecule has 90 valence electrons. The van der Waals surface area contributed by atoms with Crippen LogP contribution in [-0.2, 0) is 4.74 Å². The Kier molecular flexibility index (Phi) is 3.78. The van der Waals surface area contributed by atoms with Crippen LogP contribution in [0.3, 0.4) is 0 Å². The second kappa shape index (κ2) is 5.51. The molecule has 1 aromatic rings. The molecule has 1 aliphatic heterocycles. The summed E-state index contributed by atoms with van der Waals surface area (Å²) in [7, 11) is 0. The SMILES string of the molecule is N#Cc1cc(N)cnc1OCC1CCCCO1. The first-order valence-corrected chi connectivity index (χ1v) is 5.69. The molecule has 2 N–H and O–H groups in total. The molecule has 1 saturated heterocycles. The molecule has 5 nitrogen and oxygen atoms in total. The van der Waals surface area contributed by atoms with Crippen LogP contribution in [0.4, 0.5) is 5.69 Å². The van der Waals surface area contributed by atoms with Gasteiger partial charge in [0.1, 0.15) is 18.2 Å². The third-order valence-electron chi connectivity index (χ3n) is 2.67. The maximum absolute atomic E-state index is 8.92. The Bertz CT molecular complexity index is 422. The summed E-state index contributed by atoms with van der Waals surface area (Å²) >= 11 is 0. The van der Waals surface area contributed by atoms with Gasteiger partial charge in [-0.05, 0) is 25.3 Å². The van der Waals surface area contributed by atoms with E-state index in [2.05, 4.69) is 4.98 Å². The Hall–Kier alpha value is -1.80. The summed E-state index contributed by atoms with van der Waals surface area (Å²) < 4.78 is 11.0. The fourth-order valence-electron chi connectivity index (χ4n) is 1.77. The lowest BCUT2D eigenvalue weighted by Crippen LogP contribution is -2.26. The Morgan fingerprint density at radius 2 is 2.47 bits per heavy atom. The van der Waals surface area contributed by atoms with Crippen LogP contribution in [0.5, 0.6) is 5.88 Å². The van der Waals surface area contributed by atoms with Crippen molar-refractivity contribution >= 4 is 5.69 Å². The summed E-state index contributed by atoms with van der Waals surface area (Å²) in [5, 5.41) is 8.92. The molecule has 1 atom stereocenters. The topological polar surface area (TPSA) is 81.2 Å². The molecule has 0 radical (unpaired) electrons. The van der Waals surface area contributed by atoms with E-state index in [-0.39, 0.29) is 6.10 Å². The van der Waals surface area contributed by atoms with Crippen molar-refractivity contribution in [3.8, 4) is 11.9 Å². The molecule has 0 aliphatic carbocycles. The van der Waals surface area contributed by atoms with Gasteiger partial charge in [-0.25, -0.2) is 4.98 Å². The molecule has 1 fully saturated rings. The van der Waals surface area contributed by atoms with Gasteiger partial charge in [-0.1, -0.05) is 0 Å². The molecule has 1 aliphatic rings. The largest absolute Gasteiger partial charge is 0.474 e. The molecule has 17 heavy (non-hydrogen) atoms. The van der Waals surface area contributed by atoms with E-state index in [1.165, 1.54) is 6.20 Å². The summed E-state index contributed by atoms with van der Waals surface area (Å²) in [5.41, 5.74) is 6.37. The van der Waals surface area contributed by atoms with Gasteiger partial charge in [-0.2, -0.15) is 5.26 Å². The Morgan fingerprint density at radius 3 is 3.18 bits per heavy atom. The van der Waals surface area contributed by atoms with Crippen molar-refractivity contribution < 1.29 is 9.47 Å². The molecule has 1 unspecified atom stereocenters. The zero-order valence-corrected chi connectivity index (χ0v) is 9.56. The standard InChI is InChI=1S/C12H15N3O2/c13-6-9-5-10(14)7-15-12(9)17-8-11-3-1-2-4-16-11/h5,7,11H,1-4,8,14H2. The van der Waals surface area contributed by atoms with Crippen LogP contribution in [0.15, 0.2) is 12.3 Å². The van der Waals surface area contributed by atoms with Gasteiger partial charge in [0.25, 0.3) is 0 Å². The van der Waals surface area contributed by atoms with Crippen LogP contribution in [0.1, 0.15) is 24.8 Å². The van der Waals surface area contributed by atoms with Gasteiger partial charge >= 0.3 is 0 Å². The van der Waals surface area contributed by atoms with Gasteiger partial charge in [0.15, 0.2) is 0 Å². The summed E-state index contributed by atoms with van der Waals surface area (Å²) in [4.78, 5) is 4.01. The molecular formula is C12H15N3O2. The van der Waals surface area contributed by atoms with E-state index in [0.29, 0.717) is 23.7 Å². The second-order valence-electron chi connectivity index (χ2n) is 4.03. The van der Waals surface area contributed by atoms with Crippen molar-refractivity contribution in [2.24, 2.45) is 0 Å². The summed E-state index contributed by atoms with van der Waals surface area (Å²) in [6.45, 7) is 1.22. The molecule has 2 heterocycles. The van der Waals surface area contributed by atoms with E-state index in [9.17, 15) is 0 Å². The average Bonchev–Trinajstić information content (AvgIpc) is 2.38. The van der Waals surface area contributed by atoms with Crippen LogP contribution in [-0.4, -0.2) is 24.3 Å². The molecule has 0 spiro atoms. The van der Waals surface area contributed by atoms with Gasteiger partial charge < -0.3 is 15.2 Å². The van der Waals surface area contributed by atoms with Crippen molar-refractivity contribution in [2.75, 3.05) is 18.9 Å². The van der Waals surface area contributed by atoms with Crippen LogP contribution < -0.4 is 10.5 Å². The Balaban J connectivity index is 1.96. The number of anilines is 1. The Labute approximate surface area is 100 Å². The highest BCUT2D eigenvalue weighted by Crippen LogP contribution is 2.19. The predicted molar refractivity (Wildman–Crippen MR) is 62.5 cm³/mol. The van der Waals surface area contributed by atoms with Crippen LogP contribution >= 0.6 is 0 Å². The van der Waals surface area contributed by atoms with E-state index in [0.717, 1.165) is 25.9 Å². The van der Waals surface area contributed by atoms with Crippen molar-refractivity contribution in [2.45, 2.75) is 25.4 Å². The minimum absolute atomic E-state index is 0.106. The number of hydrogen-bond donors (Lipinski definition) is 1. The number of nitriles is 1. The number of rotatable bonds is 3. The third kappa shape index (κ3) is 3.08. The quantitative estimate of drug-likeness (QED) is 0.855. The molecule has 1 aromatic heterocycles. The van der Waals surface area contributed by atoms with Crippen LogP contribution in [0, 0.1) is 11.3 Å². The van der Waals surface area contributed by atoms with Crippen molar-refractivity contribution in [3.05, 3.63) is 17.8 Å². The lowest BCUT2D eigenvalue weighted by molar-refractivity contribution is -0.0119. The third-order valence-corrected chi connectivity index (χ3v) is 2.67. The Morgan fingerprint density at radius 1 is 1.59 bits per heavy atom. The van der Waals surface area contributed by atoms with Crippen molar-refractivity contribution in [3.63, 3.8) is 0 Å². The van der Waals surface area contributed by atoms with E-state index < -0.39 is 0 Å². The molecule has 0 aromatic carbocycles. The number of hydrogen-bond acceptors (Lipinski definition) is 5. The van der Waals surface area contributed by atoms with Crippen LogP contribution in [0.2, 0.25) is 0 Å². The first kappa shape index (κ1) is 11.7. The molecule has 5 heteroatoms. The van der Waals surface area contributed by atoms with Gasteiger partial charge in [-0.3, -0.25) is 0 Å². The number of pyridine rings is 1. The zero-order chi connectivity index (χ0) is 12.1. The first-order chi connectivity index (χ1) is 8.29. The molecule has 0 saturated carbocycles. The minimum atomic E-state index is 0.106. The van der Waals surface area contributed by atoms with E-state index in [1.54, 1.807) is 6.07 Å². The summed E-state index contributed by atoms with van der Waals surface area (Å²) in [5.74, 6) is 0.330. The number of ether oxygens (including phenoxy) is 2. The summed E-state index contributed by atoms with van der Waals surface area (Å²) in [6.07, 6.45) is 4.86. The normalized spacial score (nSPS) is 19.6. The molecule has 2 rings (SSSR count). The maximum atomic E-state index is 8.92. The minimum Gasteiger partial charge on any atom is -0.474 e. The van der Waals surface area contributed by atoms with Crippen molar-refractivity contribution in [1.29, 1.82) is 5.26 Å². The van der Waals surface area contributed by atoms with Crippen molar-refractivity contribution in [1.82, 2.24) is 4.98 Å². The van der Waals surface area contributed by atoms with Gasteiger partial charge in [0, 0.05) is 6.61 Å². The monoisotopic (exact) mass is 233 g/mol. The van der Waals surface area contributed by atoms with Gasteiger partial charge in [0.05, 0.1) is 18.0 Å². The zero-order valence-electron chi connectivity index (χ0n) is 9.56. The predicted octanol–water partition coefficient (Wildman–Crippen LogP) is 1.48. The summed E-state index contributed by atoms with van der Waals surface area (Å²) in [6, 6.07) is 3.58. The van der Waals surface area contributed by atoms with E-state index in [4.69, 9.17) is 20.5 Å². The van der Waals surface area contributed by atoms with Gasteiger partial charge in [0.2, 0.25) is 5.88 Å². The fraction of sp³-hybridized carbons (Fsp3) is 0.500. The highest BCUT2D eigenvalue weighted by atomic mass is 16.5.